The summed E-state index contributed by atoms with van der Waals surface area (Å²) in [6.07, 6.45) is 2.22. The molecule has 1 N–H and O–H groups in total. The second-order valence-corrected chi connectivity index (χ2v) is 5.36. The fraction of sp³-hybridized carbons (Fsp3) is 0.0833. The van der Waals surface area contributed by atoms with E-state index in [1.54, 1.807) is 0 Å². The van der Waals surface area contributed by atoms with Gasteiger partial charge in [-0.1, -0.05) is 0 Å². The molecule has 2 rings (SSSR count). The molecule has 0 aliphatic heterocycles. The van der Waals surface area contributed by atoms with Crippen LogP contribution < -0.4 is 9.46 Å². The zero-order valence-electron chi connectivity index (χ0n) is 10.00. The van der Waals surface area contributed by atoms with Crippen LogP contribution in [0.5, 0.6) is 5.75 Å². The van der Waals surface area contributed by atoms with Crippen molar-refractivity contribution in [3.05, 3.63) is 48.5 Å². The summed E-state index contributed by atoms with van der Waals surface area (Å²) < 4.78 is 44.1. The predicted molar refractivity (Wildman–Crippen MR) is 68.0 cm³/mol. The Kier molecular flexibility index (Phi) is 3.66. The maximum atomic E-state index is 12.9. The molecule has 2 aromatic rings. The number of ether oxygens (including phenoxy) is 1. The lowest BCUT2D eigenvalue weighted by molar-refractivity contribution is 0.414. The molecule has 5 nitrogen and oxygen atoms in total. The van der Waals surface area contributed by atoms with Gasteiger partial charge < -0.3 is 4.74 Å². The number of benzene rings is 1. The molecule has 1 aromatic carbocycles. The van der Waals surface area contributed by atoms with Crippen LogP contribution in [0.4, 0.5) is 10.1 Å². The Bertz CT molecular complexity index is 672. The number of halogens is 1. The van der Waals surface area contributed by atoms with Gasteiger partial charge in [0.1, 0.15) is 11.6 Å². The summed E-state index contributed by atoms with van der Waals surface area (Å²) in [6.45, 7) is 0. The normalized spacial score (nSPS) is 11.1. The van der Waals surface area contributed by atoms with E-state index in [1.807, 2.05) is 0 Å². The van der Waals surface area contributed by atoms with Gasteiger partial charge in [-0.25, -0.2) is 12.8 Å². The summed E-state index contributed by atoms with van der Waals surface area (Å²) in [5.74, 6) is -0.0682. The molecular weight excluding hydrogens is 271 g/mol. The highest BCUT2D eigenvalue weighted by Crippen LogP contribution is 2.18. The third kappa shape index (κ3) is 3.19. The second-order valence-electron chi connectivity index (χ2n) is 3.67. The number of hydrogen-bond acceptors (Lipinski definition) is 4. The van der Waals surface area contributed by atoms with E-state index in [0.717, 1.165) is 12.3 Å². The maximum Gasteiger partial charge on any atom is 0.261 e. The average Bonchev–Trinajstić information content (AvgIpc) is 2.38. The number of nitrogens with one attached hydrogen (secondary N) is 1. The lowest BCUT2D eigenvalue weighted by Crippen LogP contribution is -2.13. The molecular formula is C12H11FN2O3S. The first-order valence-electron chi connectivity index (χ1n) is 5.29. The van der Waals surface area contributed by atoms with E-state index < -0.39 is 15.8 Å². The monoisotopic (exact) mass is 282 g/mol. The van der Waals surface area contributed by atoms with Crippen LogP contribution in [0, 0.1) is 5.82 Å². The third-order valence-corrected chi connectivity index (χ3v) is 3.72. The lowest BCUT2D eigenvalue weighted by atomic mass is 10.3. The fourth-order valence-corrected chi connectivity index (χ4v) is 2.47. The van der Waals surface area contributed by atoms with Crippen molar-refractivity contribution in [2.24, 2.45) is 0 Å². The highest BCUT2D eigenvalue weighted by Gasteiger charge is 2.14. The summed E-state index contributed by atoms with van der Waals surface area (Å²) in [5, 5.41) is 0. The smallest absolute Gasteiger partial charge is 0.261 e. The number of anilines is 1. The molecule has 0 bridgehead atoms. The quantitative estimate of drug-likeness (QED) is 0.931. The van der Waals surface area contributed by atoms with Gasteiger partial charge in [0.25, 0.3) is 10.0 Å². The van der Waals surface area contributed by atoms with Crippen LogP contribution in [0.15, 0.2) is 47.6 Å². The lowest BCUT2D eigenvalue weighted by Gasteiger charge is -2.08. The van der Waals surface area contributed by atoms with E-state index in [2.05, 4.69) is 9.71 Å². The van der Waals surface area contributed by atoms with Gasteiger partial charge in [0.15, 0.2) is 0 Å². The Morgan fingerprint density at radius 3 is 2.47 bits per heavy atom. The van der Waals surface area contributed by atoms with Crippen molar-refractivity contribution >= 4 is 15.7 Å². The van der Waals surface area contributed by atoms with Crippen LogP contribution in [0.25, 0.3) is 0 Å². The van der Waals surface area contributed by atoms with Crippen LogP contribution in [-0.2, 0) is 10.0 Å². The Balaban J connectivity index is 2.27. The van der Waals surface area contributed by atoms with Crippen molar-refractivity contribution in [1.82, 2.24) is 4.98 Å². The topological polar surface area (TPSA) is 68.3 Å². The first-order valence-corrected chi connectivity index (χ1v) is 6.77. The number of sulfonamides is 1. The molecule has 0 fully saturated rings. The van der Waals surface area contributed by atoms with Gasteiger partial charge in [-0.05, 0) is 24.3 Å². The molecule has 7 heteroatoms. The van der Waals surface area contributed by atoms with Crippen molar-refractivity contribution in [1.29, 1.82) is 0 Å². The average molecular weight is 282 g/mol. The molecule has 0 spiro atoms. The Hall–Kier alpha value is -2.15. The van der Waals surface area contributed by atoms with Crippen molar-refractivity contribution in [3.63, 3.8) is 0 Å². The second kappa shape index (κ2) is 5.23. The molecule has 0 atom stereocenters. The maximum absolute atomic E-state index is 12.9. The molecule has 19 heavy (non-hydrogen) atoms. The minimum atomic E-state index is -3.77. The third-order valence-electron chi connectivity index (χ3n) is 2.33. The zero-order valence-corrected chi connectivity index (χ0v) is 10.8. The highest BCUT2D eigenvalue weighted by molar-refractivity contribution is 7.92. The minimum absolute atomic E-state index is 0.0533. The van der Waals surface area contributed by atoms with Crippen molar-refractivity contribution < 1.29 is 17.5 Å². The Morgan fingerprint density at radius 1 is 1.21 bits per heavy atom. The molecule has 1 heterocycles. The fourth-order valence-electron chi connectivity index (χ4n) is 1.44. The van der Waals surface area contributed by atoms with E-state index in [9.17, 15) is 12.8 Å². The Morgan fingerprint density at radius 2 is 1.89 bits per heavy atom. The zero-order chi connectivity index (χ0) is 13.9. The minimum Gasteiger partial charge on any atom is -0.497 e. The van der Waals surface area contributed by atoms with Gasteiger partial charge in [0.2, 0.25) is 0 Å². The molecule has 100 valence electrons. The number of hydrogen-bond donors (Lipinski definition) is 1. The van der Waals surface area contributed by atoms with Gasteiger partial charge in [-0.15, -0.1) is 0 Å². The van der Waals surface area contributed by atoms with E-state index in [1.165, 1.54) is 37.6 Å². The number of pyridine rings is 1. The molecule has 0 aliphatic rings. The summed E-state index contributed by atoms with van der Waals surface area (Å²) in [5.41, 5.74) is 0.0656. The van der Waals surface area contributed by atoms with Gasteiger partial charge in [-0.2, -0.15) is 0 Å². The largest absolute Gasteiger partial charge is 0.497 e. The van der Waals surface area contributed by atoms with E-state index in [-0.39, 0.29) is 10.6 Å². The number of rotatable bonds is 4. The van der Waals surface area contributed by atoms with Gasteiger partial charge in [0.05, 0.1) is 30.1 Å². The van der Waals surface area contributed by atoms with Crippen molar-refractivity contribution in [2.75, 3.05) is 11.8 Å². The van der Waals surface area contributed by atoms with Crippen LogP contribution >= 0.6 is 0 Å². The number of aromatic nitrogens is 1. The molecule has 0 amide bonds. The summed E-state index contributed by atoms with van der Waals surface area (Å²) in [6, 6.07) is 6.90. The number of nitrogens with zero attached hydrogens (tertiary/aromatic N) is 1. The van der Waals surface area contributed by atoms with Crippen LogP contribution in [0.3, 0.4) is 0 Å². The van der Waals surface area contributed by atoms with E-state index in [0.29, 0.717) is 5.75 Å². The van der Waals surface area contributed by atoms with E-state index in [4.69, 9.17) is 4.74 Å². The van der Waals surface area contributed by atoms with E-state index >= 15 is 0 Å². The SMILES string of the molecule is COc1ccc(S(=O)(=O)Nc2cncc(F)c2)cc1. The molecule has 0 saturated heterocycles. The van der Waals surface area contributed by atoms with Crippen molar-refractivity contribution in [3.8, 4) is 5.75 Å². The molecule has 0 aliphatic carbocycles. The van der Waals surface area contributed by atoms with Gasteiger partial charge >= 0.3 is 0 Å². The summed E-state index contributed by atoms with van der Waals surface area (Å²) >= 11 is 0. The molecule has 0 unspecified atom stereocenters. The van der Waals surface area contributed by atoms with Crippen molar-refractivity contribution in [2.45, 2.75) is 4.90 Å². The highest BCUT2D eigenvalue weighted by atomic mass is 32.2. The van der Waals surface area contributed by atoms with Crippen LogP contribution in [-0.4, -0.2) is 20.5 Å². The Labute approximate surface area is 110 Å². The molecule has 1 aromatic heterocycles. The van der Waals surface area contributed by atoms with Gasteiger partial charge in [-0.3, -0.25) is 9.71 Å². The first kappa shape index (κ1) is 13.3. The van der Waals surface area contributed by atoms with Crippen LogP contribution in [0.2, 0.25) is 0 Å². The first-order chi connectivity index (χ1) is 9.01. The summed E-state index contributed by atoms with van der Waals surface area (Å²) in [4.78, 5) is 3.62. The predicted octanol–water partition coefficient (Wildman–Crippen LogP) is 2.03. The van der Waals surface area contributed by atoms with Gasteiger partial charge in [0, 0.05) is 6.07 Å². The number of methoxy groups -OCH3 is 1. The van der Waals surface area contributed by atoms with Crippen LogP contribution in [0.1, 0.15) is 0 Å². The molecule has 0 radical (unpaired) electrons. The summed E-state index contributed by atoms with van der Waals surface area (Å²) in [7, 11) is -2.28. The standard InChI is InChI=1S/C12H11FN2O3S/c1-18-11-2-4-12(5-3-11)19(16,17)15-10-6-9(13)7-14-8-10/h2-8,15H,1H3. The molecule has 0 saturated carbocycles.